The van der Waals surface area contributed by atoms with Crippen molar-refractivity contribution in [2.75, 3.05) is 0 Å². The van der Waals surface area contributed by atoms with E-state index in [4.69, 9.17) is 0 Å². The SMILES string of the molecule is CCC(CC)(CC(=O)c1ccc(-c2ccccc2)cc1)C(C(=O)O)C(=O)NC1CC1. The van der Waals surface area contributed by atoms with Gasteiger partial charge in [0.25, 0.3) is 0 Å². The first kappa shape index (κ1) is 21.8. The quantitative estimate of drug-likeness (QED) is 0.441. The molecule has 0 radical (unpaired) electrons. The summed E-state index contributed by atoms with van der Waals surface area (Å²) in [5.74, 6) is -3.01. The van der Waals surface area contributed by atoms with Gasteiger partial charge in [-0.25, -0.2) is 0 Å². The van der Waals surface area contributed by atoms with Crippen molar-refractivity contribution in [3.8, 4) is 11.1 Å². The number of carbonyl (C=O) groups excluding carboxylic acids is 2. The maximum Gasteiger partial charge on any atom is 0.316 e. The lowest BCUT2D eigenvalue weighted by molar-refractivity contribution is -0.153. The molecule has 0 aromatic heterocycles. The molecule has 0 heterocycles. The van der Waals surface area contributed by atoms with E-state index in [2.05, 4.69) is 5.32 Å². The van der Waals surface area contributed by atoms with E-state index in [1.165, 1.54) is 0 Å². The molecule has 0 saturated heterocycles. The van der Waals surface area contributed by atoms with Gasteiger partial charge in [-0.2, -0.15) is 0 Å². The van der Waals surface area contributed by atoms with Crippen molar-refractivity contribution in [1.29, 1.82) is 0 Å². The fraction of sp³-hybridized carbons (Fsp3) is 0.400. The van der Waals surface area contributed by atoms with Gasteiger partial charge in [0, 0.05) is 18.0 Å². The summed E-state index contributed by atoms with van der Waals surface area (Å²) in [5, 5.41) is 12.7. The van der Waals surface area contributed by atoms with E-state index < -0.39 is 23.2 Å². The second-order valence-electron chi connectivity index (χ2n) is 8.17. The van der Waals surface area contributed by atoms with Crippen LogP contribution in [0.1, 0.15) is 56.3 Å². The summed E-state index contributed by atoms with van der Waals surface area (Å²) in [6.07, 6.45) is 2.67. The highest BCUT2D eigenvalue weighted by Gasteiger charge is 2.47. The van der Waals surface area contributed by atoms with E-state index in [1.54, 1.807) is 12.1 Å². The number of amides is 1. The molecule has 30 heavy (non-hydrogen) atoms. The second-order valence-corrected chi connectivity index (χ2v) is 8.17. The summed E-state index contributed by atoms with van der Waals surface area (Å²) in [7, 11) is 0. The molecule has 0 aliphatic heterocycles. The fourth-order valence-electron chi connectivity index (χ4n) is 4.08. The Kier molecular flexibility index (Phi) is 6.70. The number of rotatable bonds is 10. The monoisotopic (exact) mass is 407 g/mol. The number of hydrogen-bond acceptors (Lipinski definition) is 3. The van der Waals surface area contributed by atoms with Gasteiger partial charge in [-0.3, -0.25) is 14.4 Å². The zero-order valence-electron chi connectivity index (χ0n) is 17.6. The Morgan fingerprint density at radius 2 is 1.53 bits per heavy atom. The molecule has 2 aromatic rings. The van der Waals surface area contributed by atoms with E-state index in [1.807, 2.05) is 56.3 Å². The Bertz CT molecular complexity index is 897. The standard InChI is InChI=1S/C25H29NO4/c1-3-25(4-2,22(24(29)30)23(28)26-20-14-15-20)16-21(27)19-12-10-18(11-13-19)17-8-6-5-7-9-17/h5-13,20,22H,3-4,14-16H2,1-2H3,(H,26,28)(H,29,30). The summed E-state index contributed by atoms with van der Waals surface area (Å²) in [6.45, 7) is 3.71. The second kappa shape index (κ2) is 9.24. The minimum atomic E-state index is -1.24. The van der Waals surface area contributed by atoms with Gasteiger partial charge in [-0.15, -0.1) is 0 Å². The molecule has 0 bridgehead atoms. The normalized spacial score (nSPS) is 14.7. The molecule has 1 saturated carbocycles. The number of aliphatic carboxylic acids is 1. The van der Waals surface area contributed by atoms with Crippen LogP contribution in [0.2, 0.25) is 0 Å². The van der Waals surface area contributed by atoms with Crippen LogP contribution in [0.3, 0.4) is 0 Å². The summed E-state index contributed by atoms with van der Waals surface area (Å²) >= 11 is 0. The number of Topliss-reactive ketones (excluding diaryl/α,β-unsaturated/α-hetero) is 1. The van der Waals surface area contributed by atoms with Crippen LogP contribution >= 0.6 is 0 Å². The number of nitrogens with one attached hydrogen (secondary N) is 1. The Morgan fingerprint density at radius 1 is 0.967 bits per heavy atom. The van der Waals surface area contributed by atoms with Crippen LogP contribution < -0.4 is 5.32 Å². The summed E-state index contributed by atoms with van der Waals surface area (Å²) in [5.41, 5.74) is 1.69. The molecule has 2 aromatic carbocycles. The molecule has 158 valence electrons. The van der Waals surface area contributed by atoms with Gasteiger partial charge in [0.15, 0.2) is 5.78 Å². The summed E-state index contributed by atoms with van der Waals surface area (Å²) in [4.78, 5) is 37.9. The maximum atomic E-state index is 13.1. The summed E-state index contributed by atoms with van der Waals surface area (Å²) in [6, 6.07) is 17.3. The third kappa shape index (κ3) is 4.78. The van der Waals surface area contributed by atoms with Crippen LogP contribution in [0.25, 0.3) is 11.1 Å². The highest BCUT2D eigenvalue weighted by atomic mass is 16.4. The highest BCUT2D eigenvalue weighted by Crippen LogP contribution is 2.41. The van der Waals surface area contributed by atoms with Gasteiger partial charge in [-0.05, 0) is 42.2 Å². The van der Waals surface area contributed by atoms with E-state index in [0.29, 0.717) is 18.4 Å². The number of carbonyl (C=O) groups is 3. The average molecular weight is 408 g/mol. The Labute approximate surface area is 177 Å². The van der Waals surface area contributed by atoms with E-state index in [9.17, 15) is 19.5 Å². The lowest BCUT2D eigenvalue weighted by Crippen LogP contribution is -2.47. The fourth-order valence-corrected chi connectivity index (χ4v) is 4.08. The van der Waals surface area contributed by atoms with Gasteiger partial charge in [0.1, 0.15) is 5.92 Å². The minimum Gasteiger partial charge on any atom is -0.481 e. The molecule has 3 rings (SSSR count). The topological polar surface area (TPSA) is 83.5 Å². The van der Waals surface area contributed by atoms with Crippen molar-refractivity contribution >= 4 is 17.7 Å². The predicted molar refractivity (Wildman–Crippen MR) is 116 cm³/mol. The van der Waals surface area contributed by atoms with Gasteiger partial charge < -0.3 is 10.4 Å². The van der Waals surface area contributed by atoms with Crippen LogP contribution in [-0.4, -0.2) is 28.8 Å². The zero-order chi connectivity index (χ0) is 21.7. The van der Waals surface area contributed by atoms with E-state index in [0.717, 1.165) is 24.0 Å². The maximum absolute atomic E-state index is 13.1. The molecule has 1 fully saturated rings. The van der Waals surface area contributed by atoms with E-state index in [-0.39, 0.29) is 18.2 Å². The first-order valence-electron chi connectivity index (χ1n) is 10.6. The molecule has 0 spiro atoms. The van der Waals surface area contributed by atoms with Crippen LogP contribution in [-0.2, 0) is 9.59 Å². The zero-order valence-corrected chi connectivity index (χ0v) is 17.6. The van der Waals surface area contributed by atoms with Crippen LogP contribution in [0.5, 0.6) is 0 Å². The van der Waals surface area contributed by atoms with Gasteiger partial charge >= 0.3 is 5.97 Å². The Balaban J connectivity index is 1.81. The van der Waals surface area contributed by atoms with Gasteiger partial charge in [0.2, 0.25) is 5.91 Å². The van der Waals surface area contributed by atoms with Crippen molar-refractivity contribution < 1.29 is 19.5 Å². The van der Waals surface area contributed by atoms with Crippen molar-refractivity contribution in [2.45, 2.75) is 52.0 Å². The molecule has 1 amide bonds. The average Bonchev–Trinajstić information content (AvgIpc) is 3.57. The predicted octanol–water partition coefficient (Wildman–Crippen LogP) is 4.71. The molecule has 1 aliphatic carbocycles. The number of ketones is 1. The molecule has 5 heteroatoms. The Hall–Kier alpha value is -2.95. The molecular weight excluding hydrogens is 378 g/mol. The van der Waals surface area contributed by atoms with Crippen molar-refractivity contribution in [3.63, 3.8) is 0 Å². The molecule has 1 atom stereocenters. The number of hydrogen-bond donors (Lipinski definition) is 2. The molecule has 5 nitrogen and oxygen atoms in total. The third-order valence-electron chi connectivity index (χ3n) is 6.28. The third-order valence-corrected chi connectivity index (χ3v) is 6.28. The molecular formula is C25H29NO4. The number of carboxylic acid groups (broad SMARTS) is 1. The molecule has 1 unspecified atom stereocenters. The number of benzene rings is 2. The summed E-state index contributed by atoms with van der Waals surface area (Å²) < 4.78 is 0. The van der Waals surface area contributed by atoms with Crippen LogP contribution in [0, 0.1) is 11.3 Å². The largest absolute Gasteiger partial charge is 0.481 e. The minimum absolute atomic E-state index is 0.0275. The van der Waals surface area contributed by atoms with Gasteiger partial charge in [0.05, 0.1) is 0 Å². The van der Waals surface area contributed by atoms with Crippen LogP contribution in [0.4, 0.5) is 0 Å². The Morgan fingerprint density at radius 3 is 2.03 bits per heavy atom. The molecule has 2 N–H and O–H groups in total. The lowest BCUT2D eigenvalue weighted by Gasteiger charge is -2.36. The first-order valence-corrected chi connectivity index (χ1v) is 10.6. The van der Waals surface area contributed by atoms with E-state index >= 15 is 0 Å². The van der Waals surface area contributed by atoms with Crippen molar-refractivity contribution in [3.05, 3.63) is 60.2 Å². The van der Waals surface area contributed by atoms with Gasteiger partial charge in [-0.1, -0.05) is 68.4 Å². The molecule has 1 aliphatic rings. The van der Waals surface area contributed by atoms with Crippen molar-refractivity contribution in [2.24, 2.45) is 11.3 Å². The first-order chi connectivity index (χ1) is 14.4. The highest BCUT2D eigenvalue weighted by molar-refractivity contribution is 6.01. The number of carboxylic acids is 1. The van der Waals surface area contributed by atoms with Crippen molar-refractivity contribution in [1.82, 2.24) is 5.32 Å². The smallest absolute Gasteiger partial charge is 0.316 e. The van der Waals surface area contributed by atoms with Crippen LogP contribution in [0.15, 0.2) is 54.6 Å². The lowest BCUT2D eigenvalue weighted by atomic mass is 9.67.